The molecule has 4 heteroatoms. The maximum atomic E-state index is 4.33. The molecule has 1 aromatic carbocycles. The number of thiazole rings is 1. The largest absolute Gasteiger partial charge is 0.347 e. The van der Waals surface area contributed by atoms with Crippen LogP contribution in [0.2, 0.25) is 0 Å². The Morgan fingerprint density at radius 1 is 1.30 bits per heavy atom. The Bertz CT molecular complexity index is 711. The monoisotopic (exact) mass is 285 g/mol. The van der Waals surface area contributed by atoms with Gasteiger partial charge in [-0.05, 0) is 31.0 Å². The van der Waals surface area contributed by atoms with E-state index in [2.05, 4.69) is 52.3 Å². The molecule has 0 aliphatic carbocycles. The molecule has 0 aliphatic rings. The average Bonchev–Trinajstić information content (AvgIpc) is 3.04. The van der Waals surface area contributed by atoms with Crippen LogP contribution in [0, 0.1) is 6.92 Å². The fourth-order valence-electron chi connectivity index (χ4n) is 2.65. The lowest BCUT2D eigenvalue weighted by Gasteiger charge is -2.09. The maximum Gasteiger partial charge on any atom is 0.0797 e. The van der Waals surface area contributed by atoms with E-state index >= 15 is 0 Å². The second-order valence-corrected chi connectivity index (χ2v) is 5.94. The van der Waals surface area contributed by atoms with E-state index in [-0.39, 0.29) is 0 Å². The van der Waals surface area contributed by atoms with Gasteiger partial charge < -0.3 is 9.88 Å². The Kier molecular flexibility index (Phi) is 3.85. The summed E-state index contributed by atoms with van der Waals surface area (Å²) in [4.78, 5) is 5.71. The highest BCUT2D eigenvalue weighted by atomic mass is 32.1. The van der Waals surface area contributed by atoms with Crippen molar-refractivity contribution in [1.29, 1.82) is 0 Å². The van der Waals surface area contributed by atoms with Crippen molar-refractivity contribution in [1.82, 2.24) is 14.9 Å². The van der Waals surface area contributed by atoms with Crippen molar-refractivity contribution in [2.24, 2.45) is 0 Å². The van der Waals surface area contributed by atoms with Crippen LogP contribution in [0.1, 0.15) is 16.1 Å². The molecule has 2 heterocycles. The molecule has 3 rings (SSSR count). The van der Waals surface area contributed by atoms with Gasteiger partial charge in [-0.3, -0.25) is 0 Å². The lowest BCUT2D eigenvalue weighted by molar-refractivity contribution is 0.718. The second-order valence-electron chi connectivity index (χ2n) is 5.01. The molecule has 0 atom stereocenters. The summed E-state index contributed by atoms with van der Waals surface area (Å²) < 4.78 is 2.36. The first-order valence-corrected chi connectivity index (χ1v) is 7.78. The highest BCUT2D eigenvalue weighted by Gasteiger charge is 2.07. The van der Waals surface area contributed by atoms with Crippen LogP contribution >= 0.6 is 11.3 Å². The van der Waals surface area contributed by atoms with Gasteiger partial charge in [0.05, 0.1) is 16.7 Å². The predicted molar refractivity (Wildman–Crippen MR) is 85.3 cm³/mol. The Balaban J connectivity index is 1.89. The molecular weight excluding hydrogens is 266 g/mol. The van der Waals surface area contributed by atoms with Gasteiger partial charge >= 0.3 is 0 Å². The third kappa shape index (κ3) is 2.49. The number of fused-ring (bicyclic) bond motifs is 1. The van der Waals surface area contributed by atoms with Gasteiger partial charge in [0.1, 0.15) is 0 Å². The summed E-state index contributed by atoms with van der Waals surface area (Å²) in [5.74, 6) is 0. The quantitative estimate of drug-likeness (QED) is 0.779. The summed E-state index contributed by atoms with van der Waals surface area (Å²) in [6, 6.07) is 8.72. The van der Waals surface area contributed by atoms with E-state index in [1.165, 1.54) is 27.0 Å². The van der Waals surface area contributed by atoms with Crippen molar-refractivity contribution >= 4 is 22.2 Å². The standard InChI is InChI=1S/C16H19N3S/c1-12-15(20-11-18-12)7-9-19-8-6-13-4-3-5-14(10-17-2)16(13)19/h3-6,8,11,17H,7,9-10H2,1-2H3. The van der Waals surface area contributed by atoms with Gasteiger partial charge in [0.25, 0.3) is 0 Å². The Morgan fingerprint density at radius 3 is 2.95 bits per heavy atom. The van der Waals surface area contributed by atoms with Gasteiger partial charge in [0.15, 0.2) is 0 Å². The van der Waals surface area contributed by atoms with Gasteiger partial charge in [-0.25, -0.2) is 4.98 Å². The highest BCUT2D eigenvalue weighted by Crippen LogP contribution is 2.22. The summed E-state index contributed by atoms with van der Waals surface area (Å²) >= 11 is 1.75. The van der Waals surface area contributed by atoms with Crippen molar-refractivity contribution in [2.75, 3.05) is 7.05 Å². The van der Waals surface area contributed by atoms with Crippen LogP contribution in [0.5, 0.6) is 0 Å². The van der Waals surface area contributed by atoms with Gasteiger partial charge in [-0.2, -0.15) is 0 Å². The van der Waals surface area contributed by atoms with E-state index in [1.807, 2.05) is 12.6 Å². The van der Waals surface area contributed by atoms with Crippen LogP contribution in [0.4, 0.5) is 0 Å². The van der Waals surface area contributed by atoms with E-state index in [9.17, 15) is 0 Å². The zero-order chi connectivity index (χ0) is 13.9. The SMILES string of the molecule is CNCc1cccc2ccn(CCc3scnc3C)c12. The smallest absolute Gasteiger partial charge is 0.0797 e. The van der Waals surface area contributed by atoms with Gasteiger partial charge in [0.2, 0.25) is 0 Å². The molecule has 104 valence electrons. The molecule has 0 bridgehead atoms. The predicted octanol–water partition coefficient (Wildman–Crippen LogP) is 3.37. The van der Waals surface area contributed by atoms with Crippen LogP contribution in [-0.2, 0) is 19.5 Å². The van der Waals surface area contributed by atoms with Crippen LogP contribution in [0.3, 0.4) is 0 Å². The Hall–Kier alpha value is -1.65. The summed E-state index contributed by atoms with van der Waals surface area (Å²) in [6.45, 7) is 4.00. The number of aromatic nitrogens is 2. The van der Waals surface area contributed by atoms with Crippen LogP contribution in [0.15, 0.2) is 36.0 Å². The molecule has 0 fully saturated rings. The fourth-order valence-corrected chi connectivity index (χ4v) is 3.42. The number of nitrogens with zero attached hydrogens (tertiary/aromatic N) is 2. The molecule has 3 aromatic rings. The minimum atomic E-state index is 0.904. The number of hydrogen-bond acceptors (Lipinski definition) is 3. The van der Waals surface area contributed by atoms with E-state index in [4.69, 9.17) is 0 Å². The van der Waals surface area contributed by atoms with Crippen molar-refractivity contribution < 1.29 is 0 Å². The molecule has 0 saturated heterocycles. The second kappa shape index (κ2) is 5.77. The zero-order valence-electron chi connectivity index (χ0n) is 11.9. The van der Waals surface area contributed by atoms with Crippen LogP contribution in [-0.4, -0.2) is 16.6 Å². The van der Waals surface area contributed by atoms with Crippen molar-refractivity contribution in [3.63, 3.8) is 0 Å². The fraction of sp³-hybridized carbons (Fsp3) is 0.312. The summed E-state index contributed by atoms with van der Waals surface area (Å²) in [6.07, 6.45) is 3.24. The minimum absolute atomic E-state index is 0.904. The topological polar surface area (TPSA) is 29.9 Å². The highest BCUT2D eigenvalue weighted by molar-refractivity contribution is 7.09. The molecule has 2 aromatic heterocycles. The molecule has 1 N–H and O–H groups in total. The van der Waals surface area contributed by atoms with Gasteiger partial charge in [-0.1, -0.05) is 18.2 Å². The third-order valence-electron chi connectivity index (χ3n) is 3.66. The number of aryl methyl sites for hydroxylation is 3. The number of rotatable bonds is 5. The third-order valence-corrected chi connectivity index (χ3v) is 4.66. The Morgan fingerprint density at radius 2 is 2.20 bits per heavy atom. The van der Waals surface area contributed by atoms with E-state index in [1.54, 1.807) is 11.3 Å². The number of para-hydroxylation sites is 1. The minimum Gasteiger partial charge on any atom is -0.347 e. The van der Waals surface area contributed by atoms with Crippen LogP contribution < -0.4 is 5.32 Å². The lowest BCUT2D eigenvalue weighted by Crippen LogP contribution is -2.08. The average molecular weight is 285 g/mol. The molecule has 0 saturated carbocycles. The maximum absolute atomic E-state index is 4.33. The molecular formula is C16H19N3S. The van der Waals surface area contributed by atoms with E-state index in [0.717, 1.165) is 19.5 Å². The van der Waals surface area contributed by atoms with Gasteiger partial charge in [0, 0.05) is 30.6 Å². The van der Waals surface area contributed by atoms with E-state index < -0.39 is 0 Å². The molecule has 0 radical (unpaired) electrons. The van der Waals surface area contributed by atoms with Crippen LogP contribution in [0.25, 0.3) is 10.9 Å². The molecule has 3 nitrogen and oxygen atoms in total. The molecule has 0 unspecified atom stereocenters. The number of nitrogens with one attached hydrogen (secondary N) is 1. The first-order valence-electron chi connectivity index (χ1n) is 6.90. The van der Waals surface area contributed by atoms with E-state index in [0.29, 0.717) is 0 Å². The Labute approximate surface area is 123 Å². The number of benzene rings is 1. The number of hydrogen-bond donors (Lipinski definition) is 1. The molecule has 0 amide bonds. The normalized spacial score (nSPS) is 11.3. The summed E-state index contributed by atoms with van der Waals surface area (Å²) in [5.41, 5.74) is 5.81. The summed E-state index contributed by atoms with van der Waals surface area (Å²) in [7, 11) is 1.99. The first kappa shape index (κ1) is 13.3. The zero-order valence-corrected chi connectivity index (χ0v) is 12.7. The van der Waals surface area contributed by atoms with Crippen molar-refractivity contribution in [3.05, 3.63) is 52.1 Å². The van der Waals surface area contributed by atoms with Crippen molar-refractivity contribution in [3.8, 4) is 0 Å². The summed E-state index contributed by atoms with van der Waals surface area (Å²) in [5, 5.41) is 4.57. The lowest BCUT2D eigenvalue weighted by atomic mass is 10.1. The van der Waals surface area contributed by atoms with Crippen molar-refractivity contribution in [2.45, 2.75) is 26.4 Å². The molecule has 0 spiro atoms. The molecule has 20 heavy (non-hydrogen) atoms. The first-order chi connectivity index (χ1) is 9.79. The van der Waals surface area contributed by atoms with Gasteiger partial charge in [-0.15, -0.1) is 11.3 Å². The molecule has 0 aliphatic heterocycles.